The summed E-state index contributed by atoms with van der Waals surface area (Å²) < 4.78 is 59.4. The number of aromatic nitrogens is 3. The lowest BCUT2D eigenvalue weighted by Gasteiger charge is -2.36. The van der Waals surface area contributed by atoms with Gasteiger partial charge in [-0.25, -0.2) is 9.97 Å². The highest BCUT2D eigenvalue weighted by Gasteiger charge is 2.33. The number of halogens is 4. The van der Waals surface area contributed by atoms with Crippen LogP contribution in [-0.2, 0) is 10.9 Å². The van der Waals surface area contributed by atoms with Crippen molar-refractivity contribution in [1.82, 2.24) is 15.0 Å². The smallest absolute Gasteiger partial charge is 0.377 e. The molecule has 0 aromatic carbocycles. The SMILES string of the molecule is Fc1c(NCC2CCCCC2)ncnc1N1CCOC[C@@H]1c1ccc(C(F)(F)F)cn1. The van der Waals surface area contributed by atoms with Gasteiger partial charge in [0.05, 0.1) is 30.5 Å². The summed E-state index contributed by atoms with van der Waals surface area (Å²) in [6.45, 7) is 1.52. The van der Waals surface area contributed by atoms with E-state index in [2.05, 4.69) is 20.3 Å². The molecule has 1 saturated heterocycles. The Kier molecular flexibility index (Phi) is 6.54. The van der Waals surface area contributed by atoms with Gasteiger partial charge in [0, 0.05) is 19.3 Å². The van der Waals surface area contributed by atoms with Gasteiger partial charge in [0.2, 0.25) is 5.82 Å². The third kappa shape index (κ3) is 5.06. The number of ether oxygens (including phenoxy) is 1. The van der Waals surface area contributed by atoms with Crippen molar-refractivity contribution in [2.75, 3.05) is 36.5 Å². The zero-order valence-electron chi connectivity index (χ0n) is 17.0. The van der Waals surface area contributed by atoms with Crippen molar-refractivity contribution in [2.24, 2.45) is 5.92 Å². The molecule has 0 radical (unpaired) electrons. The Morgan fingerprint density at radius 2 is 1.90 bits per heavy atom. The maximum absolute atomic E-state index is 15.3. The highest BCUT2D eigenvalue weighted by atomic mass is 19.4. The normalized spacial score (nSPS) is 20.6. The Balaban J connectivity index is 1.53. The van der Waals surface area contributed by atoms with E-state index in [1.165, 1.54) is 31.7 Å². The summed E-state index contributed by atoms with van der Waals surface area (Å²) in [6.07, 6.45) is 3.50. The average Bonchev–Trinajstić information content (AvgIpc) is 2.79. The number of alkyl halides is 3. The molecule has 1 saturated carbocycles. The standard InChI is InChI=1S/C21H25F4N5O/c22-18-19(27-10-14-4-2-1-3-5-14)28-13-29-20(18)30-8-9-31-12-17(30)16-7-6-15(11-26-16)21(23,24)25/h6-7,11,13-14,17H,1-5,8-10,12H2,(H,27,28,29)/t17-/m1/s1. The van der Waals surface area contributed by atoms with E-state index >= 15 is 4.39 Å². The van der Waals surface area contributed by atoms with Gasteiger partial charge >= 0.3 is 6.18 Å². The van der Waals surface area contributed by atoms with Crippen LogP contribution in [0.2, 0.25) is 0 Å². The van der Waals surface area contributed by atoms with E-state index in [9.17, 15) is 13.2 Å². The summed E-state index contributed by atoms with van der Waals surface area (Å²) in [6, 6.07) is 1.73. The maximum Gasteiger partial charge on any atom is 0.417 e. The van der Waals surface area contributed by atoms with Crippen molar-refractivity contribution in [2.45, 2.75) is 44.3 Å². The minimum absolute atomic E-state index is 0.0937. The Labute approximate surface area is 178 Å². The molecular weight excluding hydrogens is 414 g/mol. The van der Waals surface area contributed by atoms with Gasteiger partial charge in [-0.3, -0.25) is 4.98 Å². The van der Waals surface area contributed by atoms with Gasteiger partial charge in [-0.05, 0) is 30.9 Å². The monoisotopic (exact) mass is 439 g/mol. The van der Waals surface area contributed by atoms with E-state index in [0.717, 1.165) is 25.1 Å². The Morgan fingerprint density at radius 3 is 2.61 bits per heavy atom. The number of anilines is 2. The molecule has 2 aromatic rings. The quantitative estimate of drug-likeness (QED) is 0.687. The largest absolute Gasteiger partial charge is 0.417 e. The number of hydrogen-bond acceptors (Lipinski definition) is 6. The summed E-state index contributed by atoms with van der Waals surface area (Å²) in [5.41, 5.74) is -0.468. The number of nitrogens with zero attached hydrogens (tertiary/aromatic N) is 4. The molecule has 2 aromatic heterocycles. The van der Waals surface area contributed by atoms with Crippen LogP contribution in [0.25, 0.3) is 0 Å². The van der Waals surface area contributed by atoms with Crippen LogP contribution < -0.4 is 10.2 Å². The van der Waals surface area contributed by atoms with Crippen molar-refractivity contribution in [3.05, 3.63) is 41.7 Å². The number of hydrogen-bond donors (Lipinski definition) is 1. The Bertz CT molecular complexity index is 871. The second-order valence-corrected chi connectivity index (χ2v) is 8.00. The molecule has 168 valence electrons. The van der Waals surface area contributed by atoms with Crippen molar-refractivity contribution in [1.29, 1.82) is 0 Å². The van der Waals surface area contributed by atoms with Gasteiger partial charge in [0.25, 0.3) is 0 Å². The molecule has 6 nitrogen and oxygen atoms in total. The van der Waals surface area contributed by atoms with E-state index in [1.54, 1.807) is 4.90 Å². The van der Waals surface area contributed by atoms with Crippen LogP contribution >= 0.6 is 0 Å². The summed E-state index contributed by atoms with van der Waals surface area (Å²) >= 11 is 0. The summed E-state index contributed by atoms with van der Waals surface area (Å²) in [5.74, 6) is 0.161. The molecule has 1 aliphatic carbocycles. The molecule has 0 bridgehead atoms. The summed E-state index contributed by atoms with van der Waals surface area (Å²) in [4.78, 5) is 13.8. The topological polar surface area (TPSA) is 63.2 Å². The van der Waals surface area contributed by atoms with Crippen LogP contribution in [0.3, 0.4) is 0 Å². The summed E-state index contributed by atoms with van der Waals surface area (Å²) in [5, 5.41) is 3.12. The summed E-state index contributed by atoms with van der Waals surface area (Å²) in [7, 11) is 0. The lowest BCUT2D eigenvalue weighted by atomic mass is 9.89. The van der Waals surface area contributed by atoms with Gasteiger partial charge in [-0.15, -0.1) is 0 Å². The van der Waals surface area contributed by atoms with Crippen molar-refractivity contribution < 1.29 is 22.3 Å². The van der Waals surface area contributed by atoms with Gasteiger partial charge in [0.15, 0.2) is 11.6 Å². The molecule has 0 amide bonds. The molecule has 1 atom stereocenters. The number of morpholine rings is 1. The van der Waals surface area contributed by atoms with E-state index in [0.29, 0.717) is 31.3 Å². The maximum atomic E-state index is 15.3. The average molecular weight is 439 g/mol. The molecule has 10 heteroatoms. The Morgan fingerprint density at radius 1 is 1.10 bits per heavy atom. The van der Waals surface area contributed by atoms with E-state index in [-0.39, 0.29) is 18.2 Å². The van der Waals surface area contributed by atoms with Crippen molar-refractivity contribution >= 4 is 11.6 Å². The van der Waals surface area contributed by atoms with E-state index < -0.39 is 23.6 Å². The van der Waals surface area contributed by atoms with Crippen LogP contribution in [0.1, 0.15) is 49.4 Å². The van der Waals surface area contributed by atoms with E-state index in [1.807, 2.05) is 0 Å². The molecule has 0 spiro atoms. The molecule has 31 heavy (non-hydrogen) atoms. The van der Waals surface area contributed by atoms with Crippen LogP contribution in [0.4, 0.5) is 29.2 Å². The van der Waals surface area contributed by atoms with Crippen LogP contribution in [-0.4, -0.2) is 41.3 Å². The molecule has 2 fully saturated rings. The zero-order chi connectivity index (χ0) is 21.8. The molecule has 1 N–H and O–H groups in total. The fourth-order valence-electron chi connectivity index (χ4n) is 4.19. The first-order valence-electron chi connectivity index (χ1n) is 10.6. The highest BCUT2D eigenvalue weighted by Crippen LogP contribution is 2.33. The predicted molar refractivity (Wildman–Crippen MR) is 107 cm³/mol. The molecular formula is C21H25F4N5O. The number of rotatable bonds is 5. The number of nitrogens with one attached hydrogen (secondary N) is 1. The van der Waals surface area contributed by atoms with Gasteiger partial charge in [-0.1, -0.05) is 19.3 Å². The fourth-order valence-corrected chi connectivity index (χ4v) is 4.19. The molecule has 1 aliphatic heterocycles. The van der Waals surface area contributed by atoms with Gasteiger partial charge < -0.3 is 15.0 Å². The minimum Gasteiger partial charge on any atom is -0.377 e. The zero-order valence-corrected chi connectivity index (χ0v) is 17.0. The number of pyridine rings is 1. The predicted octanol–water partition coefficient (Wildman–Crippen LogP) is 4.60. The first-order chi connectivity index (χ1) is 14.9. The van der Waals surface area contributed by atoms with Crippen LogP contribution in [0.15, 0.2) is 24.7 Å². The molecule has 4 rings (SSSR count). The second-order valence-electron chi connectivity index (χ2n) is 8.00. The second kappa shape index (κ2) is 9.33. The molecule has 2 aliphatic rings. The van der Waals surface area contributed by atoms with Gasteiger partial charge in [-0.2, -0.15) is 17.6 Å². The van der Waals surface area contributed by atoms with Crippen LogP contribution in [0.5, 0.6) is 0 Å². The van der Waals surface area contributed by atoms with Gasteiger partial charge in [0.1, 0.15) is 6.33 Å². The third-order valence-electron chi connectivity index (χ3n) is 5.91. The lowest BCUT2D eigenvalue weighted by molar-refractivity contribution is -0.137. The fraction of sp³-hybridized carbons (Fsp3) is 0.571. The van der Waals surface area contributed by atoms with Crippen LogP contribution in [0, 0.1) is 11.7 Å². The first-order valence-corrected chi connectivity index (χ1v) is 10.6. The minimum atomic E-state index is -4.47. The third-order valence-corrected chi connectivity index (χ3v) is 5.91. The van der Waals surface area contributed by atoms with Crippen molar-refractivity contribution in [3.63, 3.8) is 0 Å². The molecule has 0 unspecified atom stereocenters. The Hall–Kier alpha value is -2.49. The lowest BCUT2D eigenvalue weighted by Crippen LogP contribution is -2.41. The van der Waals surface area contributed by atoms with Crippen molar-refractivity contribution in [3.8, 4) is 0 Å². The first kappa shape index (κ1) is 21.7. The van der Waals surface area contributed by atoms with E-state index in [4.69, 9.17) is 4.74 Å². The molecule has 3 heterocycles. The highest BCUT2D eigenvalue weighted by molar-refractivity contribution is 5.52.